The molecular formula is C11H23N3. The Morgan fingerprint density at radius 3 is 2.86 bits per heavy atom. The molecule has 3 nitrogen and oxygen atoms in total. The van der Waals surface area contributed by atoms with Gasteiger partial charge in [0.25, 0.3) is 0 Å². The summed E-state index contributed by atoms with van der Waals surface area (Å²) < 4.78 is 0. The standard InChI is InChI=1S/C11H23N3/c1-10(9-14-6-2-3-7-14)13-11-4-5-12-8-11/h10-13H,2-9H2,1H3. The average molecular weight is 197 g/mol. The van der Waals surface area contributed by atoms with Gasteiger partial charge >= 0.3 is 0 Å². The van der Waals surface area contributed by atoms with Gasteiger partial charge < -0.3 is 15.5 Å². The maximum Gasteiger partial charge on any atom is 0.0207 e. The zero-order valence-corrected chi connectivity index (χ0v) is 9.26. The zero-order chi connectivity index (χ0) is 9.80. The third-order valence-corrected chi connectivity index (χ3v) is 3.31. The van der Waals surface area contributed by atoms with Crippen molar-refractivity contribution in [3.05, 3.63) is 0 Å². The molecule has 0 aromatic carbocycles. The Bertz CT molecular complexity index is 142. The van der Waals surface area contributed by atoms with Crippen molar-refractivity contribution in [2.24, 2.45) is 0 Å². The van der Waals surface area contributed by atoms with Crippen molar-refractivity contribution in [3.63, 3.8) is 0 Å². The highest BCUT2D eigenvalue weighted by Gasteiger charge is 2.19. The third kappa shape index (κ3) is 2.94. The maximum absolute atomic E-state index is 3.70. The number of nitrogens with one attached hydrogen (secondary N) is 2. The van der Waals surface area contributed by atoms with Crippen LogP contribution in [0, 0.1) is 0 Å². The molecule has 0 saturated carbocycles. The van der Waals surface area contributed by atoms with Crippen molar-refractivity contribution in [3.8, 4) is 0 Å². The number of rotatable bonds is 4. The lowest BCUT2D eigenvalue weighted by Crippen LogP contribution is -2.44. The fraction of sp³-hybridized carbons (Fsp3) is 1.00. The maximum atomic E-state index is 3.70. The van der Waals surface area contributed by atoms with Crippen molar-refractivity contribution >= 4 is 0 Å². The van der Waals surface area contributed by atoms with Crippen LogP contribution in [0.2, 0.25) is 0 Å². The molecule has 2 aliphatic heterocycles. The monoisotopic (exact) mass is 197 g/mol. The summed E-state index contributed by atoms with van der Waals surface area (Å²) in [6, 6.07) is 1.37. The summed E-state index contributed by atoms with van der Waals surface area (Å²) in [6.07, 6.45) is 4.10. The minimum Gasteiger partial charge on any atom is -0.315 e. The highest BCUT2D eigenvalue weighted by atomic mass is 15.2. The normalized spacial score (nSPS) is 31.1. The number of hydrogen-bond donors (Lipinski definition) is 2. The highest BCUT2D eigenvalue weighted by Crippen LogP contribution is 2.08. The van der Waals surface area contributed by atoms with E-state index in [1.54, 1.807) is 0 Å². The van der Waals surface area contributed by atoms with Crippen LogP contribution >= 0.6 is 0 Å². The molecular weight excluding hydrogens is 174 g/mol. The van der Waals surface area contributed by atoms with Crippen molar-refractivity contribution in [1.29, 1.82) is 0 Å². The first-order chi connectivity index (χ1) is 6.84. The molecule has 2 N–H and O–H groups in total. The highest BCUT2D eigenvalue weighted by molar-refractivity contribution is 4.81. The Hall–Kier alpha value is -0.120. The lowest BCUT2D eigenvalue weighted by molar-refractivity contribution is 0.288. The summed E-state index contributed by atoms with van der Waals surface area (Å²) in [6.45, 7) is 8.52. The zero-order valence-electron chi connectivity index (χ0n) is 9.26. The third-order valence-electron chi connectivity index (χ3n) is 3.31. The molecule has 2 fully saturated rings. The van der Waals surface area contributed by atoms with E-state index in [-0.39, 0.29) is 0 Å². The van der Waals surface area contributed by atoms with E-state index in [4.69, 9.17) is 0 Å². The van der Waals surface area contributed by atoms with E-state index in [1.807, 2.05) is 0 Å². The van der Waals surface area contributed by atoms with Gasteiger partial charge in [-0.15, -0.1) is 0 Å². The van der Waals surface area contributed by atoms with Crippen LogP contribution in [0.5, 0.6) is 0 Å². The van der Waals surface area contributed by atoms with Crippen molar-refractivity contribution in [1.82, 2.24) is 15.5 Å². The molecule has 2 unspecified atom stereocenters. The van der Waals surface area contributed by atoms with Crippen LogP contribution in [-0.4, -0.2) is 49.7 Å². The smallest absolute Gasteiger partial charge is 0.0207 e. The molecule has 3 heteroatoms. The second-order valence-corrected chi connectivity index (χ2v) is 4.77. The van der Waals surface area contributed by atoms with Gasteiger partial charge in [-0.2, -0.15) is 0 Å². The van der Waals surface area contributed by atoms with E-state index in [2.05, 4.69) is 22.5 Å². The molecule has 14 heavy (non-hydrogen) atoms. The summed E-state index contributed by atoms with van der Waals surface area (Å²) in [5.41, 5.74) is 0. The molecule has 0 aromatic rings. The average Bonchev–Trinajstić information content (AvgIpc) is 2.76. The predicted octanol–water partition coefficient (Wildman–Crippen LogP) is 0.422. The van der Waals surface area contributed by atoms with Gasteiger partial charge in [0.15, 0.2) is 0 Å². The Labute approximate surface area is 87.2 Å². The summed E-state index contributed by atoms with van der Waals surface area (Å²) in [4.78, 5) is 2.58. The lowest BCUT2D eigenvalue weighted by Gasteiger charge is -2.23. The quantitative estimate of drug-likeness (QED) is 0.684. The minimum atomic E-state index is 0.651. The second-order valence-electron chi connectivity index (χ2n) is 4.77. The molecule has 2 heterocycles. The predicted molar refractivity (Wildman–Crippen MR) is 59.5 cm³/mol. The minimum absolute atomic E-state index is 0.651. The van der Waals surface area contributed by atoms with Gasteiger partial charge in [0.1, 0.15) is 0 Å². The van der Waals surface area contributed by atoms with Crippen molar-refractivity contribution in [2.75, 3.05) is 32.7 Å². The van der Waals surface area contributed by atoms with Gasteiger partial charge in [-0.3, -0.25) is 0 Å². The lowest BCUT2D eigenvalue weighted by atomic mass is 10.2. The van der Waals surface area contributed by atoms with Crippen molar-refractivity contribution < 1.29 is 0 Å². The molecule has 2 rings (SSSR count). The largest absolute Gasteiger partial charge is 0.315 e. The topological polar surface area (TPSA) is 27.3 Å². The summed E-state index contributed by atoms with van der Waals surface area (Å²) >= 11 is 0. The first kappa shape index (κ1) is 10.4. The van der Waals surface area contributed by atoms with Crippen LogP contribution in [0.3, 0.4) is 0 Å². The molecule has 0 aliphatic carbocycles. The van der Waals surface area contributed by atoms with Crippen molar-refractivity contribution in [2.45, 2.75) is 38.3 Å². The number of nitrogens with zero attached hydrogens (tertiary/aromatic N) is 1. The van der Waals surface area contributed by atoms with Gasteiger partial charge in [-0.1, -0.05) is 0 Å². The summed E-state index contributed by atoms with van der Waals surface area (Å²) in [5.74, 6) is 0. The Morgan fingerprint density at radius 1 is 1.43 bits per heavy atom. The molecule has 82 valence electrons. The number of hydrogen-bond acceptors (Lipinski definition) is 3. The fourth-order valence-corrected chi connectivity index (χ4v) is 2.60. The van der Waals surface area contributed by atoms with E-state index < -0.39 is 0 Å². The molecule has 2 atom stereocenters. The van der Waals surface area contributed by atoms with Crippen LogP contribution in [0.1, 0.15) is 26.2 Å². The van der Waals surface area contributed by atoms with E-state index in [1.165, 1.54) is 45.4 Å². The summed E-state index contributed by atoms with van der Waals surface area (Å²) in [5, 5.41) is 7.10. The Balaban J connectivity index is 1.64. The van der Waals surface area contributed by atoms with Gasteiger partial charge in [-0.25, -0.2) is 0 Å². The van der Waals surface area contributed by atoms with Crippen LogP contribution in [0.25, 0.3) is 0 Å². The first-order valence-electron chi connectivity index (χ1n) is 6.04. The molecule has 0 amide bonds. The second kappa shape index (κ2) is 5.10. The van der Waals surface area contributed by atoms with E-state index >= 15 is 0 Å². The Morgan fingerprint density at radius 2 is 2.21 bits per heavy atom. The van der Waals surface area contributed by atoms with E-state index in [0.717, 1.165) is 6.54 Å². The number of likely N-dealkylation sites (tertiary alicyclic amines) is 1. The van der Waals surface area contributed by atoms with Gasteiger partial charge in [0.05, 0.1) is 0 Å². The molecule has 2 aliphatic rings. The first-order valence-corrected chi connectivity index (χ1v) is 6.04. The molecule has 0 radical (unpaired) electrons. The van der Waals surface area contributed by atoms with Gasteiger partial charge in [0, 0.05) is 25.2 Å². The molecule has 2 saturated heterocycles. The van der Waals surface area contributed by atoms with Gasteiger partial charge in [0.2, 0.25) is 0 Å². The van der Waals surface area contributed by atoms with Gasteiger partial charge in [-0.05, 0) is 45.8 Å². The van der Waals surface area contributed by atoms with Crippen LogP contribution in [-0.2, 0) is 0 Å². The van der Waals surface area contributed by atoms with Crippen LogP contribution in [0.15, 0.2) is 0 Å². The van der Waals surface area contributed by atoms with Crippen LogP contribution < -0.4 is 10.6 Å². The molecule has 0 spiro atoms. The summed E-state index contributed by atoms with van der Waals surface area (Å²) in [7, 11) is 0. The SMILES string of the molecule is CC(CN1CCCC1)NC1CCNC1. The Kier molecular flexibility index (Phi) is 3.79. The van der Waals surface area contributed by atoms with E-state index in [0.29, 0.717) is 12.1 Å². The van der Waals surface area contributed by atoms with E-state index in [9.17, 15) is 0 Å². The fourth-order valence-electron chi connectivity index (χ4n) is 2.60. The molecule has 0 bridgehead atoms. The molecule has 0 aromatic heterocycles. The van der Waals surface area contributed by atoms with Crippen LogP contribution in [0.4, 0.5) is 0 Å².